The molecule has 3 saturated heterocycles. The van der Waals surface area contributed by atoms with Gasteiger partial charge in [0.15, 0.2) is 0 Å². The third-order valence-corrected chi connectivity index (χ3v) is 6.75. The number of halogens is 1. The number of nitrogens with zero attached hydrogens (tertiary/aromatic N) is 3. The summed E-state index contributed by atoms with van der Waals surface area (Å²) in [5, 5.41) is 20.7. The van der Waals surface area contributed by atoms with E-state index in [0.29, 0.717) is 50.2 Å². The summed E-state index contributed by atoms with van der Waals surface area (Å²) in [6, 6.07) is 7.80. The van der Waals surface area contributed by atoms with Gasteiger partial charge in [-0.2, -0.15) is 0 Å². The molecule has 3 fully saturated rings. The quantitative estimate of drug-likeness (QED) is 0.818. The second kappa shape index (κ2) is 8.03. The smallest absolute Gasteiger partial charge is 0.146 e. The van der Waals surface area contributed by atoms with E-state index in [1.54, 1.807) is 6.07 Å². The largest absolute Gasteiger partial charge is 0.396 e. The van der Waals surface area contributed by atoms with Gasteiger partial charge in [-0.3, -0.25) is 9.80 Å². The van der Waals surface area contributed by atoms with Gasteiger partial charge in [0.1, 0.15) is 5.82 Å². The molecule has 0 aromatic heterocycles. The summed E-state index contributed by atoms with van der Waals surface area (Å²) in [6.45, 7) is 5.36. The van der Waals surface area contributed by atoms with Crippen molar-refractivity contribution in [2.24, 2.45) is 0 Å². The summed E-state index contributed by atoms with van der Waals surface area (Å²) in [7, 11) is 0. The van der Waals surface area contributed by atoms with Crippen LogP contribution in [-0.2, 0) is 0 Å². The Morgan fingerprint density at radius 2 is 1.89 bits per heavy atom. The molecule has 2 atom stereocenters. The lowest BCUT2D eigenvalue weighted by Gasteiger charge is -2.48. The number of aliphatic hydroxyl groups excluding tert-OH is 1. The molecule has 0 spiro atoms. The second-order valence-corrected chi connectivity index (χ2v) is 8.55. The van der Waals surface area contributed by atoms with Gasteiger partial charge in [0.2, 0.25) is 0 Å². The first kappa shape index (κ1) is 19.1. The van der Waals surface area contributed by atoms with Crippen LogP contribution in [0.25, 0.3) is 0 Å². The minimum Gasteiger partial charge on any atom is -0.396 e. The topological polar surface area (TPSA) is 50.2 Å². The number of rotatable bonds is 5. The van der Waals surface area contributed by atoms with Crippen molar-refractivity contribution < 1.29 is 14.6 Å². The van der Waals surface area contributed by atoms with E-state index in [4.69, 9.17) is 0 Å². The zero-order valence-corrected chi connectivity index (χ0v) is 16.1. The van der Waals surface area contributed by atoms with E-state index in [0.717, 1.165) is 19.5 Å². The first-order valence-electron chi connectivity index (χ1n) is 10.4. The van der Waals surface area contributed by atoms with Crippen LogP contribution in [0.5, 0.6) is 0 Å². The average Bonchev–Trinajstić information content (AvgIpc) is 3.11. The summed E-state index contributed by atoms with van der Waals surface area (Å²) in [4.78, 5) is 7.02. The number of hydrogen-bond acceptors (Lipinski definition) is 5. The fourth-order valence-electron chi connectivity index (χ4n) is 5.17. The maximum absolute atomic E-state index is 14.1. The SMILES string of the molecule is OCC[C@@H]1CN2CCC[C@@H]2CN1CC1(O)CCN(c2ccccc2F)CC1. The first-order valence-corrected chi connectivity index (χ1v) is 10.4. The highest BCUT2D eigenvalue weighted by molar-refractivity contribution is 5.48. The van der Waals surface area contributed by atoms with Crippen molar-refractivity contribution >= 4 is 5.69 Å². The highest BCUT2D eigenvalue weighted by Gasteiger charge is 2.41. The molecule has 6 heteroatoms. The van der Waals surface area contributed by atoms with Crippen LogP contribution in [-0.4, -0.2) is 83.6 Å². The van der Waals surface area contributed by atoms with Crippen LogP contribution < -0.4 is 4.90 Å². The number of fused-ring (bicyclic) bond motifs is 1. The number of benzene rings is 1. The van der Waals surface area contributed by atoms with E-state index >= 15 is 0 Å². The van der Waals surface area contributed by atoms with Crippen LogP contribution in [0.15, 0.2) is 24.3 Å². The average molecular weight is 378 g/mol. The van der Waals surface area contributed by atoms with Crippen LogP contribution in [0.4, 0.5) is 10.1 Å². The van der Waals surface area contributed by atoms with Gasteiger partial charge in [0.25, 0.3) is 0 Å². The maximum Gasteiger partial charge on any atom is 0.146 e. The highest BCUT2D eigenvalue weighted by atomic mass is 19.1. The zero-order valence-electron chi connectivity index (χ0n) is 16.1. The Morgan fingerprint density at radius 3 is 2.63 bits per heavy atom. The van der Waals surface area contributed by atoms with Gasteiger partial charge >= 0.3 is 0 Å². The fraction of sp³-hybridized carbons (Fsp3) is 0.714. The monoisotopic (exact) mass is 377 g/mol. The van der Waals surface area contributed by atoms with Crippen molar-refractivity contribution in [2.45, 2.75) is 49.8 Å². The third-order valence-electron chi connectivity index (χ3n) is 6.75. The lowest BCUT2D eigenvalue weighted by Crippen LogP contribution is -2.61. The predicted octanol–water partition coefficient (Wildman–Crippen LogP) is 1.69. The van der Waals surface area contributed by atoms with E-state index in [1.165, 1.54) is 25.5 Å². The molecule has 0 unspecified atom stereocenters. The molecular formula is C21H32FN3O2. The van der Waals surface area contributed by atoms with Gasteiger partial charge in [0, 0.05) is 51.4 Å². The van der Waals surface area contributed by atoms with Crippen LogP contribution in [0.1, 0.15) is 32.1 Å². The van der Waals surface area contributed by atoms with E-state index in [-0.39, 0.29) is 12.4 Å². The van der Waals surface area contributed by atoms with Gasteiger partial charge < -0.3 is 15.1 Å². The standard InChI is InChI=1S/C21H32FN3O2/c22-19-5-1-2-6-20(19)23-11-8-21(27,9-12-23)16-25-15-17-4-3-10-24(17)14-18(25)7-13-26/h1-2,5-6,17-18,26-27H,3-4,7-16H2/t17-,18-/m1/s1. The van der Waals surface area contributed by atoms with Gasteiger partial charge in [-0.1, -0.05) is 12.1 Å². The Morgan fingerprint density at radius 1 is 1.11 bits per heavy atom. The minimum atomic E-state index is -0.726. The molecule has 3 aliphatic heterocycles. The summed E-state index contributed by atoms with van der Waals surface area (Å²) in [5.41, 5.74) is -0.0896. The molecule has 5 nitrogen and oxygen atoms in total. The van der Waals surface area contributed by atoms with Crippen LogP contribution >= 0.6 is 0 Å². The fourth-order valence-corrected chi connectivity index (χ4v) is 5.17. The number of β-amino-alcohol motifs (C(OH)–C–C–N with tert-alkyl or cyclic N) is 1. The molecular weight excluding hydrogens is 345 g/mol. The number of piperazine rings is 1. The highest BCUT2D eigenvalue weighted by Crippen LogP contribution is 2.32. The predicted molar refractivity (Wildman–Crippen MR) is 104 cm³/mol. The number of piperidine rings is 1. The Bertz CT molecular complexity index is 636. The molecule has 4 rings (SSSR count). The zero-order chi connectivity index (χ0) is 18.9. The Labute approximate surface area is 161 Å². The molecule has 0 radical (unpaired) electrons. The molecule has 1 aromatic rings. The summed E-state index contributed by atoms with van der Waals surface area (Å²) < 4.78 is 14.1. The molecule has 2 N–H and O–H groups in total. The van der Waals surface area contributed by atoms with Crippen molar-refractivity contribution in [3.05, 3.63) is 30.1 Å². The first-order chi connectivity index (χ1) is 13.1. The van der Waals surface area contributed by atoms with E-state index in [1.807, 2.05) is 17.0 Å². The molecule has 150 valence electrons. The van der Waals surface area contributed by atoms with Crippen molar-refractivity contribution in [3.8, 4) is 0 Å². The number of anilines is 1. The van der Waals surface area contributed by atoms with Crippen LogP contribution in [0, 0.1) is 5.82 Å². The third kappa shape index (κ3) is 4.14. The summed E-state index contributed by atoms with van der Waals surface area (Å²) >= 11 is 0. The Balaban J connectivity index is 1.39. The van der Waals surface area contributed by atoms with E-state index < -0.39 is 5.60 Å². The molecule has 0 amide bonds. The van der Waals surface area contributed by atoms with Crippen molar-refractivity contribution in [1.29, 1.82) is 0 Å². The number of para-hydroxylation sites is 1. The molecule has 0 aliphatic carbocycles. The maximum atomic E-state index is 14.1. The van der Waals surface area contributed by atoms with Crippen LogP contribution in [0.3, 0.4) is 0 Å². The van der Waals surface area contributed by atoms with Gasteiger partial charge in [-0.25, -0.2) is 4.39 Å². The molecule has 27 heavy (non-hydrogen) atoms. The van der Waals surface area contributed by atoms with Crippen LogP contribution in [0.2, 0.25) is 0 Å². The Kier molecular flexibility index (Phi) is 5.69. The molecule has 0 bridgehead atoms. The minimum absolute atomic E-state index is 0.191. The molecule has 3 heterocycles. The molecule has 1 aromatic carbocycles. The Hall–Kier alpha value is -1.21. The van der Waals surface area contributed by atoms with E-state index in [2.05, 4.69) is 9.80 Å². The summed E-state index contributed by atoms with van der Waals surface area (Å²) in [6.07, 6.45) is 4.56. The van der Waals surface area contributed by atoms with Gasteiger partial charge in [-0.15, -0.1) is 0 Å². The lowest BCUT2D eigenvalue weighted by molar-refractivity contribution is -0.0537. The molecule has 3 aliphatic rings. The lowest BCUT2D eigenvalue weighted by atomic mass is 9.89. The molecule has 0 saturated carbocycles. The van der Waals surface area contributed by atoms with Gasteiger partial charge in [-0.05, 0) is 50.8 Å². The van der Waals surface area contributed by atoms with E-state index in [9.17, 15) is 14.6 Å². The van der Waals surface area contributed by atoms with Crippen molar-refractivity contribution in [3.63, 3.8) is 0 Å². The van der Waals surface area contributed by atoms with Crippen molar-refractivity contribution in [1.82, 2.24) is 9.80 Å². The van der Waals surface area contributed by atoms with Crippen molar-refractivity contribution in [2.75, 3.05) is 50.8 Å². The van der Waals surface area contributed by atoms with Gasteiger partial charge in [0.05, 0.1) is 11.3 Å². The number of hydrogen-bond donors (Lipinski definition) is 2. The second-order valence-electron chi connectivity index (χ2n) is 8.55. The summed E-state index contributed by atoms with van der Waals surface area (Å²) in [5.74, 6) is -0.191. The number of aliphatic hydroxyl groups is 2. The normalized spacial score (nSPS) is 29.1.